The molecule has 1 aliphatic heterocycles. The van der Waals surface area contributed by atoms with E-state index in [-0.39, 0.29) is 5.91 Å². The van der Waals surface area contributed by atoms with Crippen LogP contribution in [0.3, 0.4) is 0 Å². The number of rotatable bonds is 2. The standard InChI is InChI=1S/C15H16N4O3/c1-4-11-9(2)5-13-12(7-17-19(13)14(11)20)10-6-16-18(8-10)15(21)22-3/h6-8H,4-5H2,1-3H3. The molecule has 0 aliphatic carbocycles. The lowest BCUT2D eigenvalue weighted by molar-refractivity contribution is 0.0927. The molecular weight excluding hydrogens is 284 g/mol. The van der Waals surface area contributed by atoms with Crippen molar-refractivity contribution < 1.29 is 14.3 Å². The van der Waals surface area contributed by atoms with E-state index in [0.29, 0.717) is 12.8 Å². The van der Waals surface area contributed by atoms with Crippen LogP contribution in [-0.4, -0.2) is 38.7 Å². The highest BCUT2D eigenvalue weighted by atomic mass is 16.5. The second-order valence-corrected chi connectivity index (χ2v) is 5.15. The van der Waals surface area contributed by atoms with E-state index in [2.05, 4.69) is 14.9 Å². The number of ether oxygens (including phenoxy) is 1. The van der Waals surface area contributed by atoms with Gasteiger partial charge in [-0.1, -0.05) is 12.5 Å². The molecule has 0 amide bonds. The average molecular weight is 300 g/mol. The van der Waals surface area contributed by atoms with Crippen molar-refractivity contribution in [2.24, 2.45) is 0 Å². The number of allylic oxidation sites excluding steroid dienone is 2. The average Bonchev–Trinajstić information content (AvgIpc) is 3.13. The Bertz CT molecular complexity index is 798. The Balaban J connectivity index is 2.03. The first-order valence-electron chi connectivity index (χ1n) is 7.00. The fourth-order valence-corrected chi connectivity index (χ4v) is 2.74. The van der Waals surface area contributed by atoms with E-state index in [1.54, 1.807) is 18.6 Å². The fraction of sp³-hybridized carbons (Fsp3) is 0.333. The minimum atomic E-state index is -0.562. The first-order chi connectivity index (χ1) is 10.6. The molecule has 0 saturated heterocycles. The molecule has 0 atom stereocenters. The van der Waals surface area contributed by atoms with Crippen molar-refractivity contribution in [2.75, 3.05) is 7.11 Å². The van der Waals surface area contributed by atoms with Gasteiger partial charge in [-0.05, 0) is 13.3 Å². The summed E-state index contributed by atoms with van der Waals surface area (Å²) in [6, 6.07) is 0. The van der Waals surface area contributed by atoms with Gasteiger partial charge in [-0.15, -0.1) is 0 Å². The number of hydrogen-bond donors (Lipinski definition) is 0. The smallest absolute Gasteiger partial charge is 0.434 e. The minimum Gasteiger partial charge on any atom is -0.451 e. The number of carbonyl (C=O) groups excluding carboxylic acids is 2. The molecule has 2 aromatic rings. The Kier molecular flexibility index (Phi) is 3.40. The zero-order valence-electron chi connectivity index (χ0n) is 12.7. The molecule has 1 aliphatic rings. The van der Waals surface area contributed by atoms with Crippen LogP contribution in [0.4, 0.5) is 4.79 Å². The van der Waals surface area contributed by atoms with Gasteiger partial charge in [0.1, 0.15) is 0 Å². The van der Waals surface area contributed by atoms with Gasteiger partial charge >= 0.3 is 6.09 Å². The molecule has 0 saturated carbocycles. The molecule has 7 nitrogen and oxygen atoms in total. The van der Waals surface area contributed by atoms with Crippen LogP contribution in [0.1, 0.15) is 30.8 Å². The lowest BCUT2D eigenvalue weighted by atomic mass is 9.96. The topological polar surface area (TPSA) is 79.0 Å². The number of methoxy groups -OCH3 is 1. The predicted molar refractivity (Wildman–Crippen MR) is 78.6 cm³/mol. The van der Waals surface area contributed by atoms with Crippen LogP contribution in [-0.2, 0) is 11.2 Å². The highest BCUT2D eigenvalue weighted by Crippen LogP contribution is 2.30. The number of nitrogens with zero attached hydrogens (tertiary/aromatic N) is 4. The largest absolute Gasteiger partial charge is 0.451 e. The third-order valence-corrected chi connectivity index (χ3v) is 3.88. The SMILES string of the molecule is CCC1=C(C)Cc2c(-c3cnn(C(=O)OC)c3)cnn2C1=O. The van der Waals surface area contributed by atoms with Crippen LogP contribution < -0.4 is 0 Å². The van der Waals surface area contributed by atoms with Gasteiger partial charge in [0.2, 0.25) is 0 Å². The molecule has 0 aromatic carbocycles. The summed E-state index contributed by atoms with van der Waals surface area (Å²) < 4.78 is 7.18. The van der Waals surface area contributed by atoms with Crippen molar-refractivity contribution in [3.05, 3.63) is 35.4 Å². The van der Waals surface area contributed by atoms with Gasteiger partial charge in [-0.2, -0.15) is 14.9 Å². The van der Waals surface area contributed by atoms with Crippen LogP contribution in [0, 0.1) is 0 Å². The molecule has 3 rings (SSSR count). The summed E-state index contributed by atoms with van der Waals surface area (Å²) in [6.07, 6.45) is 5.56. The van der Waals surface area contributed by atoms with Gasteiger partial charge in [0.25, 0.3) is 5.91 Å². The van der Waals surface area contributed by atoms with Gasteiger partial charge in [-0.3, -0.25) is 4.79 Å². The Labute approximate surface area is 127 Å². The Morgan fingerprint density at radius 1 is 1.36 bits per heavy atom. The van der Waals surface area contributed by atoms with E-state index in [4.69, 9.17) is 0 Å². The molecule has 114 valence electrons. The number of fused-ring (bicyclic) bond motifs is 1. The summed E-state index contributed by atoms with van der Waals surface area (Å²) in [7, 11) is 1.30. The van der Waals surface area contributed by atoms with E-state index in [0.717, 1.165) is 32.6 Å². The second kappa shape index (κ2) is 5.25. The van der Waals surface area contributed by atoms with Crippen molar-refractivity contribution >= 4 is 12.0 Å². The Morgan fingerprint density at radius 3 is 2.82 bits per heavy atom. The predicted octanol–water partition coefficient (Wildman–Crippen LogP) is 2.28. The molecule has 0 bridgehead atoms. The molecule has 0 radical (unpaired) electrons. The van der Waals surface area contributed by atoms with Crippen molar-refractivity contribution in [1.82, 2.24) is 19.6 Å². The molecule has 0 spiro atoms. The molecule has 3 heterocycles. The van der Waals surface area contributed by atoms with E-state index in [1.807, 2.05) is 13.8 Å². The van der Waals surface area contributed by atoms with Crippen LogP contribution >= 0.6 is 0 Å². The zero-order chi connectivity index (χ0) is 15.9. The summed E-state index contributed by atoms with van der Waals surface area (Å²) in [5.74, 6) is -0.0761. The molecule has 7 heteroatoms. The van der Waals surface area contributed by atoms with Crippen LogP contribution in [0.5, 0.6) is 0 Å². The normalized spacial score (nSPS) is 14.2. The van der Waals surface area contributed by atoms with Crippen molar-refractivity contribution in [1.29, 1.82) is 0 Å². The summed E-state index contributed by atoms with van der Waals surface area (Å²) in [6.45, 7) is 3.93. The zero-order valence-corrected chi connectivity index (χ0v) is 12.7. The number of carbonyl (C=O) groups is 2. The Hall–Kier alpha value is -2.70. The van der Waals surface area contributed by atoms with Gasteiger partial charge in [0, 0.05) is 29.3 Å². The first-order valence-corrected chi connectivity index (χ1v) is 7.00. The minimum absolute atomic E-state index is 0.0761. The van der Waals surface area contributed by atoms with E-state index < -0.39 is 6.09 Å². The number of hydrogen-bond acceptors (Lipinski definition) is 5. The van der Waals surface area contributed by atoms with Crippen LogP contribution in [0.2, 0.25) is 0 Å². The third kappa shape index (κ3) is 2.05. The molecule has 0 unspecified atom stereocenters. The van der Waals surface area contributed by atoms with Crippen LogP contribution in [0.15, 0.2) is 29.7 Å². The maximum atomic E-state index is 12.4. The lowest BCUT2D eigenvalue weighted by Crippen LogP contribution is -2.23. The van der Waals surface area contributed by atoms with Crippen LogP contribution in [0.25, 0.3) is 11.1 Å². The van der Waals surface area contributed by atoms with E-state index in [1.165, 1.54) is 11.8 Å². The first kappa shape index (κ1) is 14.2. The summed E-state index contributed by atoms with van der Waals surface area (Å²) in [5.41, 5.74) is 4.23. The van der Waals surface area contributed by atoms with E-state index in [9.17, 15) is 9.59 Å². The van der Waals surface area contributed by atoms with E-state index >= 15 is 0 Å². The van der Waals surface area contributed by atoms with Crippen molar-refractivity contribution in [3.63, 3.8) is 0 Å². The third-order valence-electron chi connectivity index (χ3n) is 3.88. The maximum absolute atomic E-state index is 12.4. The summed E-state index contributed by atoms with van der Waals surface area (Å²) in [4.78, 5) is 23.9. The maximum Gasteiger partial charge on any atom is 0.434 e. The molecule has 22 heavy (non-hydrogen) atoms. The molecular formula is C15H16N4O3. The van der Waals surface area contributed by atoms with Gasteiger partial charge < -0.3 is 4.74 Å². The molecule has 0 fully saturated rings. The quantitative estimate of drug-likeness (QED) is 0.850. The fourth-order valence-electron chi connectivity index (χ4n) is 2.74. The molecule has 2 aromatic heterocycles. The number of aromatic nitrogens is 4. The highest BCUT2D eigenvalue weighted by Gasteiger charge is 2.26. The summed E-state index contributed by atoms with van der Waals surface area (Å²) in [5, 5.41) is 8.17. The Morgan fingerprint density at radius 2 is 2.14 bits per heavy atom. The van der Waals surface area contributed by atoms with Gasteiger partial charge in [0.05, 0.1) is 25.2 Å². The highest BCUT2D eigenvalue weighted by molar-refractivity contribution is 5.98. The monoisotopic (exact) mass is 300 g/mol. The van der Waals surface area contributed by atoms with Gasteiger partial charge in [0.15, 0.2) is 0 Å². The summed E-state index contributed by atoms with van der Waals surface area (Å²) >= 11 is 0. The lowest BCUT2D eigenvalue weighted by Gasteiger charge is -2.18. The van der Waals surface area contributed by atoms with Crippen molar-refractivity contribution in [2.45, 2.75) is 26.7 Å². The second-order valence-electron chi connectivity index (χ2n) is 5.15. The molecule has 0 N–H and O–H groups in total. The van der Waals surface area contributed by atoms with Gasteiger partial charge in [-0.25, -0.2) is 9.48 Å². The van der Waals surface area contributed by atoms with Crippen molar-refractivity contribution in [3.8, 4) is 11.1 Å².